The molecule has 1 aromatic heterocycles. The Bertz CT molecular complexity index is 897. The summed E-state index contributed by atoms with van der Waals surface area (Å²) in [5.74, 6) is 0.794. The van der Waals surface area contributed by atoms with E-state index in [9.17, 15) is 4.79 Å². The number of amides is 1. The summed E-state index contributed by atoms with van der Waals surface area (Å²) in [4.78, 5) is 21.2. The molecule has 6 heteroatoms. The van der Waals surface area contributed by atoms with Crippen molar-refractivity contribution in [2.75, 3.05) is 17.7 Å². The number of carbonyl (C=O) groups excluding carboxylic acids is 1. The van der Waals surface area contributed by atoms with Gasteiger partial charge in [0.15, 0.2) is 0 Å². The molecule has 26 heavy (non-hydrogen) atoms. The Kier molecular flexibility index (Phi) is 5.43. The van der Waals surface area contributed by atoms with Crippen molar-refractivity contribution in [3.63, 3.8) is 0 Å². The molecular formula is C20H20N4O2. The number of nitrogens with zero attached hydrogens (tertiary/aromatic N) is 2. The second kappa shape index (κ2) is 8.11. The molecule has 0 atom stereocenters. The van der Waals surface area contributed by atoms with E-state index in [0.717, 1.165) is 5.56 Å². The number of carbonyl (C=O) groups is 1. The van der Waals surface area contributed by atoms with Gasteiger partial charge in [0.1, 0.15) is 11.4 Å². The number of aromatic nitrogens is 2. The van der Waals surface area contributed by atoms with Gasteiger partial charge in [0.05, 0.1) is 7.11 Å². The van der Waals surface area contributed by atoms with Crippen molar-refractivity contribution in [3.8, 4) is 5.75 Å². The second-order valence-electron chi connectivity index (χ2n) is 5.74. The van der Waals surface area contributed by atoms with Crippen LogP contribution in [0.5, 0.6) is 5.75 Å². The highest BCUT2D eigenvalue weighted by atomic mass is 16.5. The Labute approximate surface area is 152 Å². The molecule has 132 valence electrons. The highest BCUT2D eigenvalue weighted by molar-refractivity contribution is 6.03. The largest absolute Gasteiger partial charge is 0.497 e. The van der Waals surface area contributed by atoms with Crippen LogP contribution in [0.25, 0.3) is 0 Å². The van der Waals surface area contributed by atoms with Gasteiger partial charge in [-0.25, -0.2) is 9.97 Å². The normalized spacial score (nSPS) is 10.2. The van der Waals surface area contributed by atoms with Crippen molar-refractivity contribution >= 4 is 17.5 Å². The number of hydrogen-bond acceptors (Lipinski definition) is 5. The first-order valence-corrected chi connectivity index (χ1v) is 8.23. The number of rotatable bonds is 6. The summed E-state index contributed by atoms with van der Waals surface area (Å²) >= 11 is 0. The van der Waals surface area contributed by atoms with E-state index in [4.69, 9.17) is 4.74 Å². The third-order valence-corrected chi connectivity index (χ3v) is 3.71. The van der Waals surface area contributed by atoms with E-state index in [1.807, 2.05) is 49.4 Å². The molecule has 6 nitrogen and oxygen atoms in total. The standard InChI is InChI=1S/C20H20N4O2/c1-14-11-18(19(25)23-16-9-6-10-17(12-16)26-2)24-20(22-14)21-13-15-7-4-3-5-8-15/h3-12H,13H2,1-2H3,(H,23,25)(H,21,22,24). The molecule has 0 aliphatic heterocycles. The first-order valence-electron chi connectivity index (χ1n) is 8.23. The van der Waals surface area contributed by atoms with Crippen LogP contribution in [0.3, 0.4) is 0 Å². The van der Waals surface area contributed by atoms with Crippen LogP contribution in [-0.4, -0.2) is 23.0 Å². The minimum atomic E-state index is -0.300. The van der Waals surface area contributed by atoms with Crippen LogP contribution in [0.15, 0.2) is 60.7 Å². The van der Waals surface area contributed by atoms with Gasteiger partial charge in [-0.15, -0.1) is 0 Å². The Balaban J connectivity index is 1.72. The molecule has 0 saturated heterocycles. The molecule has 0 saturated carbocycles. The molecule has 0 radical (unpaired) electrons. The summed E-state index contributed by atoms with van der Waals surface area (Å²) in [5.41, 5.74) is 2.77. The van der Waals surface area contributed by atoms with Crippen LogP contribution in [0, 0.1) is 6.92 Å². The van der Waals surface area contributed by atoms with E-state index in [-0.39, 0.29) is 5.91 Å². The zero-order chi connectivity index (χ0) is 18.4. The number of ether oxygens (including phenoxy) is 1. The Morgan fingerprint density at radius 2 is 1.85 bits per heavy atom. The Hall–Kier alpha value is -3.41. The molecule has 2 aromatic carbocycles. The lowest BCUT2D eigenvalue weighted by Gasteiger charge is -2.09. The van der Waals surface area contributed by atoms with Crippen molar-refractivity contribution < 1.29 is 9.53 Å². The molecule has 0 bridgehead atoms. The third kappa shape index (κ3) is 4.57. The van der Waals surface area contributed by atoms with Gasteiger partial charge in [-0.1, -0.05) is 36.4 Å². The van der Waals surface area contributed by atoms with E-state index in [2.05, 4.69) is 20.6 Å². The van der Waals surface area contributed by atoms with Gasteiger partial charge in [0, 0.05) is 24.0 Å². The summed E-state index contributed by atoms with van der Waals surface area (Å²) in [6.07, 6.45) is 0. The number of hydrogen-bond donors (Lipinski definition) is 2. The van der Waals surface area contributed by atoms with Crippen LogP contribution in [0.1, 0.15) is 21.7 Å². The van der Waals surface area contributed by atoms with Crippen LogP contribution in [0.2, 0.25) is 0 Å². The van der Waals surface area contributed by atoms with Crippen molar-refractivity contribution in [1.82, 2.24) is 9.97 Å². The van der Waals surface area contributed by atoms with Crippen LogP contribution in [0.4, 0.5) is 11.6 Å². The summed E-state index contributed by atoms with van der Waals surface area (Å²) < 4.78 is 5.17. The fourth-order valence-corrected chi connectivity index (χ4v) is 2.44. The van der Waals surface area contributed by atoms with Gasteiger partial charge in [0.2, 0.25) is 5.95 Å². The molecule has 3 rings (SSSR count). The average Bonchev–Trinajstić information content (AvgIpc) is 2.67. The molecule has 0 aliphatic carbocycles. The zero-order valence-corrected chi connectivity index (χ0v) is 14.7. The van der Waals surface area contributed by atoms with Crippen molar-refractivity contribution in [2.45, 2.75) is 13.5 Å². The topological polar surface area (TPSA) is 76.1 Å². The summed E-state index contributed by atoms with van der Waals surface area (Å²) in [6.45, 7) is 2.42. The maximum atomic E-state index is 12.5. The van der Waals surface area contributed by atoms with Gasteiger partial charge in [-0.3, -0.25) is 4.79 Å². The fraction of sp³-hybridized carbons (Fsp3) is 0.150. The number of benzene rings is 2. The summed E-state index contributed by atoms with van der Waals surface area (Å²) in [7, 11) is 1.58. The molecule has 0 fully saturated rings. The second-order valence-corrected chi connectivity index (χ2v) is 5.74. The van der Waals surface area contributed by atoms with E-state index >= 15 is 0 Å². The minimum Gasteiger partial charge on any atom is -0.497 e. The Morgan fingerprint density at radius 3 is 2.62 bits per heavy atom. The third-order valence-electron chi connectivity index (χ3n) is 3.71. The quantitative estimate of drug-likeness (QED) is 0.711. The van der Waals surface area contributed by atoms with Gasteiger partial charge >= 0.3 is 0 Å². The predicted molar refractivity (Wildman–Crippen MR) is 101 cm³/mol. The summed E-state index contributed by atoms with van der Waals surface area (Å²) in [5, 5.41) is 5.98. The lowest BCUT2D eigenvalue weighted by Crippen LogP contribution is -2.16. The molecule has 0 aliphatic rings. The van der Waals surface area contributed by atoms with Crippen LogP contribution in [-0.2, 0) is 6.54 Å². The van der Waals surface area contributed by atoms with Crippen molar-refractivity contribution in [2.24, 2.45) is 0 Å². The molecule has 1 heterocycles. The SMILES string of the molecule is COc1cccc(NC(=O)c2cc(C)nc(NCc3ccccc3)n2)c1. The van der Waals surface area contributed by atoms with E-state index in [1.165, 1.54) is 0 Å². The highest BCUT2D eigenvalue weighted by Crippen LogP contribution is 2.17. The first-order chi connectivity index (χ1) is 12.6. The van der Waals surface area contributed by atoms with Gasteiger partial charge < -0.3 is 15.4 Å². The van der Waals surface area contributed by atoms with Crippen molar-refractivity contribution in [1.29, 1.82) is 0 Å². The van der Waals surface area contributed by atoms with Gasteiger partial charge in [-0.05, 0) is 30.7 Å². The number of nitrogens with one attached hydrogen (secondary N) is 2. The number of aryl methyl sites for hydroxylation is 1. The maximum absolute atomic E-state index is 12.5. The lowest BCUT2D eigenvalue weighted by atomic mass is 10.2. The van der Waals surface area contributed by atoms with E-state index < -0.39 is 0 Å². The maximum Gasteiger partial charge on any atom is 0.274 e. The van der Waals surface area contributed by atoms with Gasteiger partial charge in [0.25, 0.3) is 5.91 Å². The molecule has 2 N–H and O–H groups in total. The Morgan fingerprint density at radius 1 is 1.04 bits per heavy atom. The average molecular weight is 348 g/mol. The molecule has 0 unspecified atom stereocenters. The lowest BCUT2D eigenvalue weighted by molar-refractivity contribution is 0.102. The molecule has 3 aromatic rings. The smallest absolute Gasteiger partial charge is 0.274 e. The minimum absolute atomic E-state index is 0.300. The molecule has 0 spiro atoms. The molecular weight excluding hydrogens is 328 g/mol. The number of anilines is 2. The van der Waals surface area contributed by atoms with E-state index in [1.54, 1.807) is 25.3 Å². The number of methoxy groups -OCH3 is 1. The fourth-order valence-electron chi connectivity index (χ4n) is 2.44. The van der Waals surface area contributed by atoms with Crippen LogP contribution < -0.4 is 15.4 Å². The van der Waals surface area contributed by atoms with E-state index in [0.29, 0.717) is 35.3 Å². The monoisotopic (exact) mass is 348 g/mol. The zero-order valence-electron chi connectivity index (χ0n) is 14.7. The van der Waals surface area contributed by atoms with Crippen molar-refractivity contribution in [3.05, 3.63) is 77.6 Å². The van der Waals surface area contributed by atoms with Crippen LogP contribution >= 0.6 is 0 Å². The predicted octanol–water partition coefficient (Wildman–Crippen LogP) is 3.66. The van der Waals surface area contributed by atoms with Gasteiger partial charge in [-0.2, -0.15) is 0 Å². The highest BCUT2D eigenvalue weighted by Gasteiger charge is 2.11. The molecule has 1 amide bonds. The summed E-state index contributed by atoms with van der Waals surface area (Å²) in [6, 6.07) is 18.8. The first kappa shape index (κ1) is 17.4.